The van der Waals surface area contributed by atoms with Crippen molar-refractivity contribution in [1.82, 2.24) is 9.97 Å². The molecule has 0 fully saturated rings. The molecule has 0 saturated carbocycles. The maximum Gasteiger partial charge on any atom is 0.277 e. The third-order valence-electron chi connectivity index (χ3n) is 3.08. The second-order valence-corrected chi connectivity index (χ2v) is 6.68. The third-order valence-corrected chi connectivity index (χ3v) is 4.51. The van der Waals surface area contributed by atoms with E-state index in [0.29, 0.717) is 11.8 Å². The fourth-order valence-electron chi connectivity index (χ4n) is 2.27. The monoisotopic (exact) mass is 323 g/mol. The molecule has 0 radical (unpaired) electrons. The Bertz CT molecular complexity index is 627. The summed E-state index contributed by atoms with van der Waals surface area (Å²) in [6.07, 6.45) is 3.99. The Balaban J connectivity index is 2.16. The lowest BCUT2D eigenvalue weighted by Crippen LogP contribution is -2.15. The van der Waals surface area contributed by atoms with Gasteiger partial charge in [-0.2, -0.15) is 0 Å². The lowest BCUT2D eigenvalue weighted by molar-refractivity contribution is 0.102. The largest absolute Gasteiger partial charge is 0.320 e. The van der Waals surface area contributed by atoms with Crippen LogP contribution in [-0.4, -0.2) is 15.9 Å². The minimum absolute atomic E-state index is 0.113. The van der Waals surface area contributed by atoms with Crippen molar-refractivity contribution in [2.24, 2.45) is 5.92 Å². The van der Waals surface area contributed by atoms with E-state index in [9.17, 15) is 4.79 Å². The highest BCUT2D eigenvalue weighted by Gasteiger charge is 2.18. The van der Waals surface area contributed by atoms with Crippen molar-refractivity contribution in [2.75, 3.05) is 5.32 Å². The molecule has 0 saturated heterocycles. The van der Waals surface area contributed by atoms with Crippen LogP contribution in [0.1, 0.15) is 48.5 Å². The van der Waals surface area contributed by atoms with E-state index in [-0.39, 0.29) is 16.8 Å². The molecular formula is C15H18ClN3OS. The van der Waals surface area contributed by atoms with Crippen LogP contribution in [0.3, 0.4) is 0 Å². The van der Waals surface area contributed by atoms with Gasteiger partial charge < -0.3 is 5.32 Å². The molecule has 1 amide bonds. The lowest BCUT2D eigenvalue weighted by Gasteiger charge is -2.15. The Labute approximate surface area is 133 Å². The summed E-state index contributed by atoms with van der Waals surface area (Å²) < 4.78 is 0. The van der Waals surface area contributed by atoms with Crippen molar-refractivity contribution in [3.05, 3.63) is 39.6 Å². The number of halogens is 1. The third kappa shape index (κ3) is 4.02. The smallest absolute Gasteiger partial charge is 0.277 e. The van der Waals surface area contributed by atoms with Crippen molar-refractivity contribution in [2.45, 2.75) is 33.1 Å². The van der Waals surface area contributed by atoms with E-state index in [0.717, 1.165) is 12.1 Å². The molecule has 2 aromatic heterocycles. The van der Waals surface area contributed by atoms with E-state index >= 15 is 0 Å². The van der Waals surface area contributed by atoms with E-state index in [1.54, 1.807) is 11.3 Å². The number of hydrogen-bond acceptors (Lipinski definition) is 4. The number of nitrogens with zero attached hydrogens (tertiary/aromatic N) is 2. The number of anilines is 1. The second-order valence-electron chi connectivity index (χ2n) is 5.38. The van der Waals surface area contributed by atoms with Gasteiger partial charge in [0.15, 0.2) is 10.8 Å². The fourth-order valence-corrected chi connectivity index (χ4v) is 3.39. The van der Waals surface area contributed by atoms with E-state index < -0.39 is 0 Å². The van der Waals surface area contributed by atoms with Gasteiger partial charge in [0.2, 0.25) is 0 Å². The highest BCUT2D eigenvalue weighted by molar-refractivity contribution is 7.10. The second kappa shape index (κ2) is 7.00. The minimum atomic E-state index is -0.329. The van der Waals surface area contributed by atoms with Gasteiger partial charge in [0.25, 0.3) is 5.91 Å². The van der Waals surface area contributed by atoms with E-state index in [2.05, 4.69) is 36.1 Å². The number of carbonyl (C=O) groups excluding carboxylic acids is 1. The first kappa shape index (κ1) is 15.9. The molecule has 2 rings (SSSR count). The van der Waals surface area contributed by atoms with Crippen LogP contribution >= 0.6 is 22.9 Å². The van der Waals surface area contributed by atoms with E-state index in [1.807, 2.05) is 11.4 Å². The zero-order chi connectivity index (χ0) is 15.4. The molecule has 1 N–H and O–H groups in total. The van der Waals surface area contributed by atoms with Crippen molar-refractivity contribution in [3.8, 4) is 0 Å². The Morgan fingerprint density at radius 3 is 2.71 bits per heavy atom. The normalized spacial score (nSPS) is 12.4. The molecule has 0 aliphatic carbocycles. The summed E-state index contributed by atoms with van der Waals surface area (Å²) in [6.45, 7) is 6.57. The van der Waals surface area contributed by atoms with Crippen molar-refractivity contribution in [1.29, 1.82) is 0 Å². The summed E-state index contributed by atoms with van der Waals surface area (Å²) in [4.78, 5) is 21.3. The van der Waals surface area contributed by atoms with Gasteiger partial charge in [-0.1, -0.05) is 32.4 Å². The Morgan fingerprint density at radius 2 is 2.05 bits per heavy atom. The Morgan fingerprint density at radius 1 is 1.33 bits per heavy atom. The van der Waals surface area contributed by atoms with Crippen LogP contribution in [0.2, 0.25) is 5.15 Å². The molecule has 6 heteroatoms. The number of nitrogens with one attached hydrogen (secondary N) is 1. The van der Waals surface area contributed by atoms with Crippen LogP contribution in [0.25, 0.3) is 0 Å². The summed E-state index contributed by atoms with van der Waals surface area (Å²) in [5.41, 5.74) is 0.979. The van der Waals surface area contributed by atoms with Crippen molar-refractivity contribution in [3.63, 3.8) is 0 Å². The van der Waals surface area contributed by atoms with Crippen LogP contribution in [0, 0.1) is 5.92 Å². The van der Waals surface area contributed by atoms with E-state index in [4.69, 9.17) is 11.6 Å². The van der Waals surface area contributed by atoms with Gasteiger partial charge in [0.1, 0.15) is 0 Å². The Hall–Kier alpha value is -1.46. The van der Waals surface area contributed by atoms with Gasteiger partial charge >= 0.3 is 0 Å². The number of carbonyl (C=O) groups is 1. The highest BCUT2D eigenvalue weighted by atomic mass is 35.5. The number of thiophene rings is 1. The van der Waals surface area contributed by atoms with E-state index in [1.165, 1.54) is 17.3 Å². The summed E-state index contributed by atoms with van der Waals surface area (Å²) in [6, 6.07) is 1.92. The molecule has 1 atom stereocenters. The molecule has 0 spiro atoms. The first-order valence-corrected chi connectivity index (χ1v) is 8.10. The predicted molar refractivity (Wildman–Crippen MR) is 87.2 cm³/mol. The first-order chi connectivity index (χ1) is 9.99. The lowest BCUT2D eigenvalue weighted by atomic mass is 9.97. The number of rotatable bonds is 5. The molecule has 0 aliphatic rings. The average molecular weight is 324 g/mol. The maximum atomic E-state index is 12.2. The molecule has 2 heterocycles. The standard InChI is InChI=1S/C15H18ClN3OS/c1-9(2)8-10(3)13-11(4-7-21-13)19-15(20)12-14(16)18-6-5-17-12/h4-7,9-10H,8H2,1-3H3,(H,19,20). The highest BCUT2D eigenvalue weighted by Crippen LogP contribution is 2.34. The van der Waals surface area contributed by atoms with Crippen LogP contribution in [0.4, 0.5) is 5.69 Å². The zero-order valence-electron chi connectivity index (χ0n) is 12.3. The fraction of sp³-hybridized carbons (Fsp3) is 0.400. The van der Waals surface area contributed by atoms with Crippen molar-refractivity contribution >= 4 is 34.5 Å². The predicted octanol–water partition coefficient (Wildman–Crippen LogP) is 4.59. The molecule has 0 bridgehead atoms. The molecule has 2 aromatic rings. The van der Waals surface area contributed by atoms with Gasteiger partial charge in [-0.25, -0.2) is 9.97 Å². The minimum Gasteiger partial charge on any atom is -0.320 e. The number of amides is 1. The molecule has 0 aliphatic heterocycles. The molecule has 4 nitrogen and oxygen atoms in total. The summed E-state index contributed by atoms with van der Waals surface area (Å²) in [5.74, 6) is 0.683. The van der Waals surface area contributed by atoms with Crippen molar-refractivity contribution < 1.29 is 4.79 Å². The topological polar surface area (TPSA) is 54.9 Å². The summed E-state index contributed by atoms with van der Waals surface area (Å²) in [7, 11) is 0. The first-order valence-electron chi connectivity index (χ1n) is 6.84. The summed E-state index contributed by atoms with van der Waals surface area (Å²) >= 11 is 7.56. The summed E-state index contributed by atoms with van der Waals surface area (Å²) in [5, 5.41) is 4.99. The van der Waals surface area contributed by atoms with Crippen LogP contribution in [0.5, 0.6) is 0 Å². The molecule has 21 heavy (non-hydrogen) atoms. The van der Waals surface area contributed by atoms with Crippen LogP contribution < -0.4 is 5.32 Å². The zero-order valence-corrected chi connectivity index (χ0v) is 13.8. The molecule has 0 aromatic carbocycles. The maximum absolute atomic E-state index is 12.2. The molecule has 1 unspecified atom stereocenters. The molecule has 112 valence electrons. The quantitative estimate of drug-likeness (QED) is 0.875. The van der Waals surface area contributed by atoms with Crippen LogP contribution in [-0.2, 0) is 0 Å². The van der Waals surface area contributed by atoms with Gasteiger partial charge in [-0.15, -0.1) is 11.3 Å². The molecular weight excluding hydrogens is 306 g/mol. The van der Waals surface area contributed by atoms with Gasteiger partial charge in [-0.3, -0.25) is 4.79 Å². The van der Waals surface area contributed by atoms with Gasteiger partial charge in [0.05, 0.1) is 5.69 Å². The average Bonchev–Trinajstić information content (AvgIpc) is 2.86. The number of hydrogen-bond donors (Lipinski definition) is 1. The number of aromatic nitrogens is 2. The van der Waals surface area contributed by atoms with Crippen LogP contribution in [0.15, 0.2) is 23.8 Å². The Kier molecular flexibility index (Phi) is 5.31. The van der Waals surface area contributed by atoms with Gasteiger partial charge in [0, 0.05) is 17.3 Å². The SMILES string of the molecule is CC(C)CC(C)c1sccc1NC(=O)c1nccnc1Cl. The van der Waals surface area contributed by atoms with Gasteiger partial charge in [-0.05, 0) is 29.7 Å².